The summed E-state index contributed by atoms with van der Waals surface area (Å²) >= 11 is 0. The van der Waals surface area contributed by atoms with Crippen LogP contribution in [0.15, 0.2) is 41.6 Å². The van der Waals surface area contributed by atoms with Crippen molar-refractivity contribution in [3.05, 3.63) is 48.0 Å². The summed E-state index contributed by atoms with van der Waals surface area (Å²) in [5.41, 5.74) is 1.04. The minimum atomic E-state index is -3.44. The molecule has 7 heteroatoms. The summed E-state index contributed by atoms with van der Waals surface area (Å²) in [5, 5.41) is 0. The number of nitrogens with zero attached hydrogens (tertiary/aromatic N) is 2. The Kier molecular flexibility index (Phi) is 5.33. The molecule has 1 aromatic heterocycles. The molecule has 2 heterocycles. The number of hydrogen-bond donors (Lipinski definition) is 1. The zero-order valence-electron chi connectivity index (χ0n) is 13.8. The number of aryl methyl sites for hydroxylation is 2. The highest BCUT2D eigenvalue weighted by Crippen LogP contribution is 2.23. The molecule has 130 valence electrons. The van der Waals surface area contributed by atoms with Crippen LogP contribution >= 0.6 is 0 Å². The molecule has 0 unspecified atom stereocenters. The second-order valence-corrected chi connectivity index (χ2v) is 7.87. The Balaban J connectivity index is 1.52. The van der Waals surface area contributed by atoms with Crippen molar-refractivity contribution >= 4 is 10.0 Å². The van der Waals surface area contributed by atoms with Crippen molar-refractivity contribution in [3.63, 3.8) is 0 Å². The lowest BCUT2D eigenvalue weighted by atomic mass is 10.1. The van der Waals surface area contributed by atoms with E-state index in [1.807, 2.05) is 13.1 Å². The summed E-state index contributed by atoms with van der Waals surface area (Å²) in [5.74, 6) is 1.39. The van der Waals surface area contributed by atoms with E-state index < -0.39 is 10.0 Å². The van der Waals surface area contributed by atoms with Crippen LogP contribution < -0.4 is 4.72 Å². The van der Waals surface area contributed by atoms with Crippen molar-refractivity contribution < 1.29 is 13.2 Å². The van der Waals surface area contributed by atoms with Crippen LogP contribution in [-0.2, 0) is 21.3 Å². The summed E-state index contributed by atoms with van der Waals surface area (Å²) in [6.45, 7) is 4.57. The number of ether oxygens (including phenoxy) is 1. The van der Waals surface area contributed by atoms with Gasteiger partial charge in [0.1, 0.15) is 5.82 Å². The molecule has 1 aromatic carbocycles. The molecular formula is C17H23N3O3S. The van der Waals surface area contributed by atoms with Crippen molar-refractivity contribution in [3.8, 4) is 0 Å². The van der Waals surface area contributed by atoms with Gasteiger partial charge in [-0.3, -0.25) is 0 Å². The number of nitrogens with one attached hydrogen (secondary N) is 1. The first-order chi connectivity index (χ1) is 11.6. The Morgan fingerprint density at radius 1 is 1.33 bits per heavy atom. The van der Waals surface area contributed by atoms with Crippen LogP contribution in [-0.4, -0.2) is 37.7 Å². The van der Waals surface area contributed by atoms with Crippen molar-refractivity contribution in [2.24, 2.45) is 0 Å². The molecule has 6 nitrogen and oxygen atoms in total. The third-order valence-corrected chi connectivity index (χ3v) is 5.72. The number of sulfonamides is 1. The van der Waals surface area contributed by atoms with Gasteiger partial charge < -0.3 is 9.30 Å². The van der Waals surface area contributed by atoms with E-state index in [9.17, 15) is 8.42 Å². The maximum Gasteiger partial charge on any atom is 0.240 e. The minimum Gasteiger partial charge on any atom is -0.381 e. The highest BCUT2D eigenvalue weighted by atomic mass is 32.2. The van der Waals surface area contributed by atoms with E-state index in [0.29, 0.717) is 23.8 Å². The number of aromatic nitrogens is 2. The molecule has 3 rings (SSSR count). The van der Waals surface area contributed by atoms with Gasteiger partial charge in [-0.15, -0.1) is 0 Å². The van der Waals surface area contributed by atoms with Crippen molar-refractivity contribution in [2.45, 2.75) is 37.1 Å². The summed E-state index contributed by atoms with van der Waals surface area (Å²) in [6, 6.07) is 6.86. The number of rotatable bonds is 7. The lowest BCUT2D eigenvalue weighted by Crippen LogP contribution is -2.25. The fraction of sp³-hybridized carbons (Fsp3) is 0.471. The van der Waals surface area contributed by atoms with Crippen LogP contribution in [0.1, 0.15) is 30.1 Å². The standard InChI is InChI=1S/C17H23N3O3S/c1-14-3-5-16(6-4-14)24(21,22)19-8-2-10-20-11-9-18-17(20)15-7-12-23-13-15/h3-6,9,11,15,19H,2,7-8,10,12-13H2,1H3/t15-/m1/s1. The molecule has 0 aliphatic carbocycles. The van der Waals surface area contributed by atoms with Gasteiger partial charge in [0.25, 0.3) is 0 Å². The summed E-state index contributed by atoms with van der Waals surface area (Å²) in [7, 11) is -3.44. The highest BCUT2D eigenvalue weighted by molar-refractivity contribution is 7.89. The monoisotopic (exact) mass is 349 g/mol. The minimum absolute atomic E-state index is 0.305. The predicted molar refractivity (Wildman–Crippen MR) is 91.4 cm³/mol. The third-order valence-electron chi connectivity index (χ3n) is 4.24. The van der Waals surface area contributed by atoms with E-state index in [1.165, 1.54) is 0 Å². The first-order valence-electron chi connectivity index (χ1n) is 8.21. The van der Waals surface area contributed by atoms with Gasteiger partial charge in [0, 0.05) is 38.0 Å². The maximum absolute atomic E-state index is 12.2. The van der Waals surface area contributed by atoms with Crippen molar-refractivity contribution in [1.29, 1.82) is 0 Å². The van der Waals surface area contributed by atoms with Crippen LogP contribution in [0.4, 0.5) is 0 Å². The van der Waals surface area contributed by atoms with Gasteiger partial charge in [0.15, 0.2) is 0 Å². The quantitative estimate of drug-likeness (QED) is 0.777. The SMILES string of the molecule is Cc1ccc(S(=O)(=O)NCCCn2ccnc2[C@@H]2CCOC2)cc1. The third kappa shape index (κ3) is 4.03. The van der Waals surface area contributed by atoms with Gasteiger partial charge >= 0.3 is 0 Å². The van der Waals surface area contributed by atoms with E-state index in [2.05, 4.69) is 14.3 Å². The molecular weight excluding hydrogens is 326 g/mol. The Bertz CT molecular complexity index is 763. The summed E-state index contributed by atoms with van der Waals surface area (Å²) < 4.78 is 34.6. The van der Waals surface area contributed by atoms with Crippen LogP contribution in [0.25, 0.3) is 0 Å². The fourth-order valence-electron chi connectivity index (χ4n) is 2.86. The lowest BCUT2D eigenvalue weighted by molar-refractivity contribution is 0.192. The zero-order chi connectivity index (χ0) is 17.0. The van der Waals surface area contributed by atoms with Gasteiger partial charge in [-0.25, -0.2) is 18.1 Å². The van der Waals surface area contributed by atoms with Gasteiger partial charge in [-0.2, -0.15) is 0 Å². The average Bonchev–Trinajstić information content (AvgIpc) is 3.23. The van der Waals surface area contributed by atoms with Gasteiger partial charge in [-0.1, -0.05) is 17.7 Å². The molecule has 0 bridgehead atoms. The number of benzene rings is 1. The molecule has 0 saturated carbocycles. The Hall–Kier alpha value is -1.70. The molecule has 0 amide bonds. The smallest absolute Gasteiger partial charge is 0.240 e. The Labute approximate surface area is 142 Å². The molecule has 1 fully saturated rings. The molecule has 0 radical (unpaired) electrons. The van der Waals surface area contributed by atoms with Gasteiger partial charge in [0.05, 0.1) is 11.5 Å². The van der Waals surface area contributed by atoms with Gasteiger partial charge in [0.2, 0.25) is 10.0 Å². The van der Waals surface area contributed by atoms with Crippen LogP contribution in [0.2, 0.25) is 0 Å². The zero-order valence-corrected chi connectivity index (χ0v) is 14.6. The first-order valence-corrected chi connectivity index (χ1v) is 9.70. The second-order valence-electron chi connectivity index (χ2n) is 6.10. The fourth-order valence-corrected chi connectivity index (χ4v) is 3.94. The van der Waals surface area contributed by atoms with Crippen molar-refractivity contribution in [1.82, 2.24) is 14.3 Å². The number of hydrogen-bond acceptors (Lipinski definition) is 4. The maximum atomic E-state index is 12.2. The Morgan fingerprint density at radius 3 is 2.83 bits per heavy atom. The molecule has 0 spiro atoms. The number of imidazole rings is 1. The molecule has 24 heavy (non-hydrogen) atoms. The molecule has 1 atom stereocenters. The molecule has 1 N–H and O–H groups in total. The van der Waals surface area contributed by atoms with Gasteiger partial charge in [-0.05, 0) is 31.9 Å². The van der Waals surface area contributed by atoms with E-state index in [4.69, 9.17) is 4.74 Å². The summed E-state index contributed by atoms with van der Waals surface area (Å²) in [6.07, 6.45) is 5.45. The molecule has 2 aromatic rings. The topological polar surface area (TPSA) is 73.2 Å². The Morgan fingerprint density at radius 2 is 2.12 bits per heavy atom. The average molecular weight is 349 g/mol. The molecule has 1 aliphatic heterocycles. The van der Waals surface area contributed by atoms with E-state index in [-0.39, 0.29) is 0 Å². The van der Waals surface area contributed by atoms with E-state index in [0.717, 1.165) is 37.6 Å². The lowest BCUT2D eigenvalue weighted by Gasteiger charge is -2.12. The van der Waals surface area contributed by atoms with Crippen molar-refractivity contribution in [2.75, 3.05) is 19.8 Å². The molecule has 1 aliphatic rings. The highest BCUT2D eigenvalue weighted by Gasteiger charge is 2.22. The normalized spacial score (nSPS) is 18.1. The first kappa shape index (κ1) is 17.1. The largest absolute Gasteiger partial charge is 0.381 e. The molecule has 1 saturated heterocycles. The predicted octanol–water partition coefficient (Wildman–Crippen LogP) is 2.06. The second kappa shape index (κ2) is 7.46. The van der Waals surface area contributed by atoms with Crippen LogP contribution in [0.3, 0.4) is 0 Å². The van der Waals surface area contributed by atoms with E-state index >= 15 is 0 Å². The van der Waals surface area contributed by atoms with E-state index in [1.54, 1.807) is 30.5 Å². The van der Waals surface area contributed by atoms with Crippen LogP contribution in [0, 0.1) is 6.92 Å². The van der Waals surface area contributed by atoms with Crippen LogP contribution in [0.5, 0.6) is 0 Å². The summed E-state index contributed by atoms with van der Waals surface area (Å²) in [4.78, 5) is 4.73.